The largest absolute Gasteiger partial charge is 0.512 e. The second-order valence-electron chi connectivity index (χ2n) is 5.88. The van der Waals surface area contributed by atoms with Gasteiger partial charge in [-0.05, 0) is 24.3 Å². The number of carbonyl (C=O) groups is 1. The number of hydrogen-bond donors (Lipinski definition) is 1. The minimum Gasteiger partial charge on any atom is -0.512 e. The van der Waals surface area contributed by atoms with Crippen molar-refractivity contribution in [2.45, 2.75) is 45.1 Å². The molecule has 108 valence electrons. The molecule has 0 saturated carbocycles. The van der Waals surface area contributed by atoms with Crippen LogP contribution in [0.25, 0.3) is 0 Å². The van der Waals surface area contributed by atoms with Gasteiger partial charge in [-0.15, -0.1) is 0 Å². The second kappa shape index (κ2) is 6.12. The number of esters is 1. The summed E-state index contributed by atoms with van der Waals surface area (Å²) in [5.41, 5.74) is 0.239. The molecule has 0 unspecified atom stereocenters. The summed E-state index contributed by atoms with van der Waals surface area (Å²) in [6.45, 7) is 4.36. The Bertz CT molecular complexity index is 490. The van der Waals surface area contributed by atoms with Gasteiger partial charge in [0.1, 0.15) is 11.4 Å². The number of benzene rings is 1. The van der Waals surface area contributed by atoms with Crippen molar-refractivity contribution < 1.29 is 14.6 Å². The fourth-order valence-corrected chi connectivity index (χ4v) is 2.72. The zero-order valence-corrected chi connectivity index (χ0v) is 12.1. The zero-order chi connectivity index (χ0) is 14.6. The van der Waals surface area contributed by atoms with Crippen LogP contribution in [-0.4, -0.2) is 11.1 Å². The fourth-order valence-electron chi connectivity index (χ4n) is 2.72. The lowest BCUT2D eigenvalue weighted by molar-refractivity contribution is -0.159. The van der Waals surface area contributed by atoms with E-state index < -0.39 is 11.6 Å². The molecule has 0 radical (unpaired) electrons. The van der Waals surface area contributed by atoms with Gasteiger partial charge in [0.05, 0.1) is 6.08 Å². The normalized spacial score (nSPS) is 22.6. The van der Waals surface area contributed by atoms with Gasteiger partial charge in [-0.1, -0.05) is 50.6 Å². The monoisotopic (exact) mass is 274 g/mol. The number of aliphatic hydroxyl groups is 1. The molecule has 1 aliphatic heterocycles. The fraction of sp³-hybridized carbons (Fsp3) is 0.471. The van der Waals surface area contributed by atoms with Crippen molar-refractivity contribution in [3.8, 4) is 0 Å². The molecule has 1 heterocycles. The van der Waals surface area contributed by atoms with Crippen LogP contribution in [0.5, 0.6) is 0 Å². The van der Waals surface area contributed by atoms with Gasteiger partial charge in [0.25, 0.3) is 0 Å². The average Bonchev–Trinajstić information content (AvgIpc) is 2.38. The molecule has 0 saturated heterocycles. The summed E-state index contributed by atoms with van der Waals surface area (Å²) in [5.74, 6) is 0.267. The van der Waals surface area contributed by atoms with Crippen LogP contribution < -0.4 is 0 Å². The Kier molecular flexibility index (Phi) is 4.48. The lowest BCUT2D eigenvalue weighted by Gasteiger charge is -2.36. The van der Waals surface area contributed by atoms with E-state index >= 15 is 0 Å². The Morgan fingerprint density at radius 1 is 1.30 bits per heavy atom. The van der Waals surface area contributed by atoms with Crippen LogP contribution in [-0.2, 0) is 15.1 Å². The summed E-state index contributed by atoms with van der Waals surface area (Å²) >= 11 is 0. The predicted octanol–water partition coefficient (Wildman–Crippen LogP) is 4.10. The standard InChI is InChI=1S/C17H22O3/c1-13(2)7-6-10-17(14-8-4-3-5-9-14)12-15(18)11-16(19)20-17/h3-5,8-9,11,13,18H,6-7,10,12H2,1-2H3/t17-/m0/s1. The van der Waals surface area contributed by atoms with Gasteiger partial charge >= 0.3 is 5.97 Å². The lowest BCUT2D eigenvalue weighted by Crippen LogP contribution is -2.35. The van der Waals surface area contributed by atoms with E-state index in [1.165, 1.54) is 6.08 Å². The highest BCUT2D eigenvalue weighted by Gasteiger charge is 2.39. The van der Waals surface area contributed by atoms with E-state index in [4.69, 9.17) is 4.74 Å². The molecule has 0 fully saturated rings. The van der Waals surface area contributed by atoms with Crippen LogP contribution in [0, 0.1) is 5.92 Å². The molecule has 20 heavy (non-hydrogen) atoms. The molecule has 2 rings (SSSR count). The molecule has 0 bridgehead atoms. The number of cyclic esters (lactones) is 1. The van der Waals surface area contributed by atoms with Gasteiger partial charge in [0.2, 0.25) is 0 Å². The van der Waals surface area contributed by atoms with Crippen LogP contribution in [0.2, 0.25) is 0 Å². The van der Waals surface area contributed by atoms with Crippen LogP contribution in [0.1, 0.15) is 45.1 Å². The maximum Gasteiger partial charge on any atom is 0.335 e. The van der Waals surface area contributed by atoms with Gasteiger partial charge in [-0.25, -0.2) is 4.79 Å². The summed E-state index contributed by atoms with van der Waals surface area (Å²) in [6.07, 6.45) is 4.31. The maximum atomic E-state index is 11.7. The van der Waals surface area contributed by atoms with Gasteiger partial charge in [0.15, 0.2) is 0 Å². The highest BCUT2D eigenvalue weighted by molar-refractivity contribution is 5.84. The number of hydrogen-bond acceptors (Lipinski definition) is 3. The number of carbonyl (C=O) groups excluding carboxylic acids is 1. The Balaban J connectivity index is 2.25. The minimum atomic E-state index is -0.716. The smallest absolute Gasteiger partial charge is 0.335 e. The van der Waals surface area contributed by atoms with Crippen LogP contribution in [0.3, 0.4) is 0 Å². The summed E-state index contributed by atoms with van der Waals surface area (Å²) in [5, 5.41) is 9.85. The van der Waals surface area contributed by atoms with Crippen molar-refractivity contribution in [1.82, 2.24) is 0 Å². The summed E-state index contributed by atoms with van der Waals surface area (Å²) in [4.78, 5) is 11.7. The molecular weight excluding hydrogens is 252 g/mol. The number of aliphatic hydroxyl groups excluding tert-OH is 1. The first-order valence-corrected chi connectivity index (χ1v) is 7.20. The van der Waals surface area contributed by atoms with Crippen molar-refractivity contribution in [3.63, 3.8) is 0 Å². The molecule has 0 aromatic heterocycles. The van der Waals surface area contributed by atoms with E-state index in [1.54, 1.807) is 0 Å². The molecule has 0 aliphatic carbocycles. The van der Waals surface area contributed by atoms with Crippen molar-refractivity contribution in [1.29, 1.82) is 0 Å². The Morgan fingerprint density at radius 3 is 2.60 bits per heavy atom. The van der Waals surface area contributed by atoms with Crippen LogP contribution in [0.4, 0.5) is 0 Å². The average molecular weight is 274 g/mol. The molecule has 1 aromatic carbocycles. The predicted molar refractivity (Wildman–Crippen MR) is 78.2 cm³/mol. The first-order valence-electron chi connectivity index (χ1n) is 7.20. The van der Waals surface area contributed by atoms with Crippen molar-refractivity contribution in [2.24, 2.45) is 5.92 Å². The molecule has 0 amide bonds. The van der Waals surface area contributed by atoms with E-state index in [9.17, 15) is 9.90 Å². The van der Waals surface area contributed by atoms with Crippen LogP contribution in [0.15, 0.2) is 42.2 Å². The topological polar surface area (TPSA) is 46.5 Å². The van der Waals surface area contributed by atoms with E-state index in [2.05, 4.69) is 13.8 Å². The third-order valence-electron chi connectivity index (χ3n) is 3.71. The van der Waals surface area contributed by atoms with Crippen molar-refractivity contribution in [3.05, 3.63) is 47.7 Å². The third kappa shape index (κ3) is 3.41. The first-order chi connectivity index (χ1) is 9.52. The van der Waals surface area contributed by atoms with E-state index in [0.717, 1.165) is 24.8 Å². The van der Waals surface area contributed by atoms with Gasteiger partial charge in [-0.2, -0.15) is 0 Å². The highest BCUT2D eigenvalue weighted by atomic mass is 16.6. The highest BCUT2D eigenvalue weighted by Crippen LogP contribution is 2.40. The minimum absolute atomic E-state index is 0.106. The number of rotatable bonds is 5. The SMILES string of the molecule is CC(C)CCC[C@@]1(c2ccccc2)CC(O)=CC(=O)O1. The third-order valence-corrected chi connectivity index (χ3v) is 3.71. The molecule has 1 atom stereocenters. The summed E-state index contributed by atoms with van der Waals surface area (Å²) in [7, 11) is 0. The van der Waals surface area contributed by atoms with Gasteiger partial charge in [0, 0.05) is 6.42 Å². The molecular formula is C17H22O3. The molecule has 1 aliphatic rings. The summed E-state index contributed by atoms with van der Waals surface area (Å²) < 4.78 is 5.64. The van der Waals surface area contributed by atoms with Crippen LogP contribution >= 0.6 is 0 Å². The molecule has 3 nitrogen and oxygen atoms in total. The molecule has 3 heteroatoms. The molecule has 0 spiro atoms. The summed E-state index contributed by atoms with van der Waals surface area (Å²) in [6, 6.07) is 9.72. The first kappa shape index (κ1) is 14.6. The van der Waals surface area contributed by atoms with E-state index in [1.807, 2.05) is 30.3 Å². The van der Waals surface area contributed by atoms with Gasteiger partial charge in [-0.3, -0.25) is 0 Å². The van der Waals surface area contributed by atoms with E-state index in [-0.39, 0.29) is 5.76 Å². The maximum absolute atomic E-state index is 11.7. The second-order valence-corrected chi connectivity index (χ2v) is 5.88. The zero-order valence-electron chi connectivity index (χ0n) is 12.1. The van der Waals surface area contributed by atoms with Gasteiger partial charge < -0.3 is 9.84 Å². The Labute approximate surface area is 120 Å². The van der Waals surface area contributed by atoms with Crippen molar-refractivity contribution >= 4 is 5.97 Å². The van der Waals surface area contributed by atoms with E-state index in [0.29, 0.717) is 12.3 Å². The molecule has 1 N–H and O–H groups in total. The van der Waals surface area contributed by atoms with Crippen molar-refractivity contribution in [2.75, 3.05) is 0 Å². The quantitative estimate of drug-likeness (QED) is 0.822. The lowest BCUT2D eigenvalue weighted by atomic mass is 9.82. The Morgan fingerprint density at radius 2 is 2.00 bits per heavy atom. The Hall–Kier alpha value is -1.77. The molecule has 1 aromatic rings. The number of ether oxygens (including phenoxy) is 1.